The molecule has 2 aliphatic rings. The minimum absolute atomic E-state index is 0.0437. The maximum Gasteiger partial charge on any atom is 0.224 e. The van der Waals surface area contributed by atoms with Gasteiger partial charge in [-0.1, -0.05) is 12.8 Å². The van der Waals surface area contributed by atoms with E-state index in [1.54, 1.807) is 0 Å². The van der Waals surface area contributed by atoms with Gasteiger partial charge >= 0.3 is 0 Å². The summed E-state index contributed by atoms with van der Waals surface area (Å²) in [7, 11) is 0. The Bertz CT molecular complexity index is 633. The van der Waals surface area contributed by atoms with Gasteiger partial charge in [-0.2, -0.15) is 0 Å². The van der Waals surface area contributed by atoms with E-state index in [0.29, 0.717) is 24.9 Å². The van der Waals surface area contributed by atoms with Crippen molar-refractivity contribution in [2.24, 2.45) is 11.7 Å². The molecule has 0 bridgehead atoms. The first kappa shape index (κ1) is 15.9. The van der Waals surface area contributed by atoms with Gasteiger partial charge in [0.25, 0.3) is 0 Å². The number of halogens is 1. The number of anilines is 2. The highest BCUT2D eigenvalue weighted by Gasteiger charge is 2.25. The van der Waals surface area contributed by atoms with Crippen molar-refractivity contribution in [2.45, 2.75) is 51.0 Å². The van der Waals surface area contributed by atoms with Gasteiger partial charge in [0, 0.05) is 24.6 Å². The van der Waals surface area contributed by atoms with Crippen LogP contribution >= 0.6 is 0 Å². The van der Waals surface area contributed by atoms with E-state index in [2.05, 4.69) is 10.6 Å². The summed E-state index contributed by atoms with van der Waals surface area (Å²) in [5.74, 6) is -0.631. The van der Waals surface area contributed by atoms with Crippen LogP contribution in [-0.2, 0) is 16.0 Å². The highest BCUT2D eigenvalue weighted by molar-refractivity contribution is 5.96. The van der Waals surface area contributed by atoms with Gasteiger partial charge in [0.05, 0.1) is 5.69 Å². The van der Waals surface area contributed by atoms with Gasteiger partial charge in [-0.05, 0) is 42.9 Å². The van der Waals surface area contributed by atoms with Crippen molar-refractivity contribution in [2.75, 3.05) is 10.6 Å². The Morgan fingerprint density at radius 2 is 2.09 bits per heavy atom. The van der Waals surface area contributed by atoms with E-state index in [1.165, 1.54) is 12.1 Å². The van der Waals surface area contributed by atoms with Crippen molar-refractivity contribution in [3.05, 3.63) is 23.5 Å². The van der Waals surface area contributed by atoms with Crippen LogP contribution < -0.4 is 16.4 Å². The summed E-state index contributed by atoms with van der Waals surface area (Å²) < 4.78 is 14.1. The van der Waals surface area contributed by atoms with Crippen LogP contribution in [0.4, 0.5) is 15.8 Å². The van der Waals surface area contributed by atoms with Gasteiger partial charge in [-0.15, -0.1) is 0 Å². The van der Waals surface area contributed by atoms with E-state index < -0.39 is 5.82 Å². The fourth-order valence-electron chi connectivity index (χ4n) is 3.42. The number of benzene rings is 1. The number of nitrogens with two attached hydrogens (primary N) is 1. The Morgan fingerprint density at radius 1 is 1.30 bits per heavy atom. The molecule has 0 radical (unpaired) electrons. The van der Waals surface area contributed by atoms with Crippen molar-refractivity contribution < 1.29 is 14.0 Å². The second-order valence-electron chi connectivity index (χ2n) is 6.50. The lowest BCUT2D eigenvalue weighted by molar-refractivity contribution is -0.117. The zero-order valence-corrected chi connectivity index (χ0v) is 13.0. The largest absolute Gasteiger partial charge is 0.327 e. The summed E-state index contributed by atoms with van der Waals surface area (Å²) in [5, 5.41) is 5.33. The highest BCUT2D eigenvalue weighted by Crippen LogP contribution is 2.30. The molecule has 1 aromatic carbocycles. The average molecular weight is 319 g/mol. The normalized spacial score (nSPS) is 23.8. The molecule has 0 spiro atoms. The lowest BCUT2D eigenvalue weighted by Crippen LogP contribution is -2.35. The fraction of sp³-hybridized carbons (Fsp3) is 0.529. The predicted molar refractivity (Wildman–Crippen MR) is 86.5 cm³/mol. The second kappa shape index (κ2) is 6.66. The van der Waals surface area contributed by atoms with Gasteiger partial charge in [-0.25, -0.2) is 4.39 Å². The van der Waals surface area contributed by atoms with Crippen LogP contribution in [0.2, 0.25) is 0 Å². The summed E-state index contributed by atoms with van der Waals surface area (Å²) in [6.07, 6.45) is 5.27. The molecule has 4 N–H and O–H groups in total. The quantitative estimate of drug-likeness (QED) is 0.800. The molecule has 2 amide bonds. The summed E-state index contributed by atoms with van der Waals surface area (Å²) in [6, 6.07) is 2.93. The first-order valence-electron chi connectivity index (χ1n) is 8.20. The zero-order valence-electron chi connectivity index (χ0n) is 13.0. The molecule has 1 heterocycles. The molecule has 2 unspecified atom stereocenters. The first-order chi connectivity index (χ1) is 11.0. The van der Waals surface area contributed by atoms with Crippen LogP contribution in [0.15, 0.2) is 12.1 Å². The van der Waals surface area contributed by atoms with Crippen LogP contribution in [0.1, 0.15) is 44.1 Å². The van der Waals surface area contributed by atoms with Crippen LogP contribution in [0.25, 0.3) is 0 Å². The van der Waals surface area contributed by atoms with Crippen molar-refractivity contribution in [1.82, 2.24) is 0 Å². The van der Waals surface area contributed by atoms with Gasteiger partial charge < -0.3 is 16.4 Å². The molecular formula is C17H22FN3O2. The smallest absolute Gasteiger partial charge is 0.224 e. The summed E-state index contributed by atoms with van der Waals surface area (Å²) in [6.45, 7) is 0. The van der Waals surface area contributed by atoms with Gasteiger partial charge in [0.2, 0.25) is 11.8 Å². The molecule has 1 aliphatic heterocycles. The van der Waals surface area contributed by atoms with Crippen molar-refractivity contribution in [3.63, 3.8) is 0 Å². The zero-order chi connectivity index (χ0) is 16.4. The van der Waals surface area contributed by atoms with E-state index in [4.69, 9.17) is 5.73 Å². The molecule has 2 atom stereocenters. The van der Waals surface area contributed by atoms with Crippen molar-refractivity contribution in [3.8, 4) is 0 Å². The number of fused-ring (bicyclic) bond motifs is 1. The summed E-state index contributed by atoms with van der Waals surface area (Å²) in [4.78, 5) is 23.6. The molecule has 5 nitrogen and oxygen atoms in total. The Morgan fingerprint density at radius 3 is 2.87 bits per heavy atom. The van der Waals surface area contributed by atoms with Crippen molar-refractivity contribution in [1.29, 1.82) is 0 Å². The van der Waals surface area contributed by atoms with Crippen LogP contribution in [0.3, 0.4) is 0 Å². The molecule has 1 aromatic rings. The fourth-order valence-corrected chi connectivity index (χ4v) is 3.42. The van der Waals surface area contributed by atoms with E-state index in [-0.39, 0.29) is 29.5 Å². The molecule has 0 saturated heterocycles. The first-order valence-corrected chi connectivity index (χ1v) is 8.20. The third kappa shape index (κ3) is 3.69. The lowest BCUT2D eigenvalue weighted by atomic mass is 9.83. The minimum Gasteiger partial charge on any atom is -0.327 e. The van der Waals surface area contributed by atoms with Crippen molar-refractivity contribution >= 4 is 23.2 Å². The van der Waals surface area contributed by atoms with E-state index >= 15 is 0 Å². The number of carbonyl (C=O) groups is 2. The maximum atomic E-state index is 14.1. The summed E-state index contributed by atoms with van der Waals surface area (Å²) in [5.41, 5.74) is 7.50. The van der Waals surface area contributed by atoms with Gasteiger partial charge in [0.15, 0.2) is 0 Å². The summed E-state index contributed by atoms with van der Waals surface area (Å²) >= 11 is 0. The Kier molecular flexibility index (Phi) is 4.61. The predicted octanol–water partition coefficient (Wildman–Crippen LogP) is 2.56. The number of carbonyl (C=O) groups excluding carboxylic acids is 2. The molecular weight excluding hydrogens is 297 g/mol. The minimum atomic E-state index is -0.471. The van der Waals surface area contributed by atoms with Gasteiger partial charge in [0.1, 0.15) is 5.82 Å². The monoisotopic (exact) mass is 319 g/mol. The third-order valence-corrected chi connectivity index (χ3v) is 4.78. The molecule has 1 saturated carbocycles. The Hall–Kier alpha value is -1.95. The topological polar surface area (TPSA) is 84.2 Å². The van der Waals surface area contributed by atoms with E-state index in [1.807, 2.05) is 0 Å². The standard InChI is InChI=1S/C17H22FN3O2/c18-12-7-11-5-6-16(22)20-14(11)9-15(12)21-17(23)8-10-3-1-2-4-13(10)19/h7,9-10,13H,1-6,8,19H2,(H,20,22)(H,21,23). The number of aryl methyl sites for hydroxylation is 1. The van der Waals surface area contributed by atoms with Crippen LogP contribution in [0, 0.1) is 11.7 Å². The molecule has 6 heteroatoms. The average Bonchev–Trinajstić information content (AvgIpc) is 2.51. The molecule has 23 heavy (non-hydrogen) atoms. The number of hydrogen-bond acceptors (Lipinski definition) is 3. The Labute approximate surface area is 134 Å². The maximum absolute atomic E-state index is 14.1. The third-order valence-electron chi connectivity index (χ3n) is 4.78. The molecule has 124 valence electrons. The number of hydrogen-bond donors (Lipinski definition) is 3. The van der Waals surface area contributed by atoms with Crippen LogP contribution in [-0.4, -0.2) is 17.9 Å². The Balaban J connectivity index is 1.68. The second-order valence-corrected chi connectivity index (χ2v) is 6.50. The number of amides is 2. The van der Waals surface area contributed by atoms with E-state index in [9.17, 15) is 14.0 Å². The molecule has 0 aromatic heterocycles. The van der Waals surface area contributed by atoms with Crippen LogP contribution in [0.5, 0.6) is 0 Å². The number of rotatable bonds is 3. The molecule has 1 fully saturated rings. The number of nitrogens with one attached hydrogen (secondary N) is 2. The SMILES string of the molecule is NC1CCCCC1CC(=O)Nc1cc2c(cc1F)CCC(=O)N2. The van der Waals surface area contributed by atoms with E-state index in [0.717, 1.165) is 31.2 Å². The van der Waals surface area contributed by atoms with Gasteiger partial charge in [-0.3, -0.25) is 9.59 Å². The molecule has 3 rings (SSSR count). The molecule has 1 aliphatic carbocycles. The highest BCUT2D eigenvalue weighted by atomic mass is 19.1. The lowest BCUT2D eigenvalue weighted by Gasteiger charge is -2.28.